The van der Waals surface area contributed by atoms with Crippen molar-refractivity contribution in [2.24, 2.45) is 0 Å². The molecule has 0 aliphatic carbocycles. The summed E-state index contributed by atoms with van der Waals surface area (Å²) in [4.78, 5) is 13.9. The lowest BCUT2D eigenvalue weighted by Gasteiger charge is -2.11. The highest BCUT2D eigenvalue weighted by Gasteiger charge is 2.16. The summed E-state index contributed by atoms with van der Waals surface area (Å²) in [6, 6.07) is 13.6. The normalized spacial score (nSPS) is 11.4. The van der Waals surface area contributed by atoms with Crippen LogP contribution in [0.1, 0.15) is 34.3 Å². The Morgan fingerprint density at radius 3 is 2.59 bits per heavy atom. The minimum atomic E-state index is -3.34. The zero-order valence-electron chi connectivity index (χ0n) is 16.4. The predicted octanol–water partition coefficient (Wildman–Crippen LogP) is 4.63. The van der Waals surface area contributed by atoms with E-state index in [1.807, 2.05) is 26.0 Å². The third-order valence-electron chi connectivity index (χ3n) is 4.52. The second-order valence-corrected chi connectivity index (χ2v) is 9.77. The highest BCUT2D eigenvalue weighted by molar-refractivity contribution is 7.98. The number of amides is 1. The molecule has 1 aromatic heterocycles. The molecular formula is C21H22N2O4S2. The number of hydrogen-bond acceptors (Lipinski definition) is 6. The number of nitrogens with one attached hydrogen (secondary N) is 1. The Hall–Kier alpha value is -2.58. The van der Waals surface area contributed by atoms with Gasteiger partial charge in [-0.1, -0.05) is 30.3 Å². The number of carbonyl (C=O) groups is 1. The lowest BCUT2D eigenvalue weighted by molar-refractivity contribution is 0.102. The minimum Gasteiger partial charge on any atom is -0.361 e. The fourth-order valence-electron chi connectivity index (χ4n) is 2.77. The van der Waals surface area contributed by atoms with Gasteiger partial charge in [-0.05, 0) is 44.2 Å². The molecule has 3 rings (SSSR count). The van der Waals surface area contributed by atoms with Gasteiger partial charge >= 0.3 is 0 Å². The Morgan fingerprint density at radius 1 is 1.14 bits per heavy atom. The van der Waals surface area contributed by atoms with Crippen LogP contribution in [0.25, 0.3) is 0 Å². The van der Waals surface area contributed by atoms with E-state index in [9.17, 15) is 13.2 Å². The maximum atomic E-state index is 12.9. The Morgan fingerprint density at radius 2 is 1.90 bits per heavy atom. The smallest absolute Gasteiger partial charge is 0.256 e. The van der Waals surface area contributed by atoms with Gasteiger partial charge in [0.05, 0.1) is 21.9 Å². The number of benzene rings is 2. The lowest BCUT2D eigenvalue weighted by atomic mass is 10.2. The molecule has 0 fully saturated rings. The summed E-state index contributed by atoms with van der Waals surface area (Å²) < 4.78 is 29.4. The topological polar surface area (TPSA) is 89.3 Å². The summed E-state index contributed by atoms with van der Waals surface area (Å²) in [5, 5.41) is 6.76. The number of carbonyl (C=O) groups excluding carboxylic acids is 1. The fraction of sp³-hybridized carbons (Fsp3) is 0.238. The quantitative estimate of drug-likeness (QED) is 0.550. The molecule has 1 amide bonds. The Labute approximate surface area is 174 Å². The first-order chi connectivity index (χ1) is 13.8. The molecule has 29 heavy (non-hydrogen) atoms. The first-order valence-corrected chi connectivity index (χ1v) is 11.7. The van der Waals surface area contributed by atoms with E-state index in [1.54, 1.807) is 31.2 Å². The van der Waals surface area contributed by atoms with Crippen LogP contribution in [-0.2, 0) is 15.6 Å². The highest BCUT2D eigenvalue weighted by atomic mass is 32.2. The van der Waals surface area contributed by atoms with Crippen molar-refractivity contribution in [1.82, 2.24) is 5.16 Å². The van der Waals surface area contributed by atoms with Gasteiger partial charge in [0.15, 0.2) is 9.84 Å². The van der Waals surface area contributed by atoms with Crippen molar-refractivity contribution in [1.29, 1.82) is 0 Å². The highest BCUT2D eigenvalue weighted by Crippen LogP contribution is 2.29. The average molecular weight is 431 g/mol. The monoisotopic (exact) mass is 430 g/mol. The second kappa shape index (κ2) is 8.84. The van der Waals surface area contributed by atoms with Gasteiger partial charge in [-0.3, -0.25) is 4.79 Å². The molecule has 0 atom stereocenters. The zero-order chi connectivity index (χ0) is 21.0. The molecule has 152 valence electrons. The summed E-state index contributed by atoms with van der Waals surface area (Å²) in [5.74, 6) is 1.12. The van der Waals surface area contributed by atoms with Crippen LogP contribution in [0.4, 0.5) is 5.69 Å². The first-order valence-electron chi connectivity index (χ1n) is 9.09. The van der Waals surface area contributed by atoms with Crippen molar-refractivity contribution in [3.05, 3.63) is 71.1 Å². The van der Waals surface area contributed by atoms with Crippen molar-refractivity contribution in [3.8, 4) is 0 Å². The SMILES string of the molecule is CCS(=O)(=O)c1cccc(NC(=O)c2ccccc2SCc2c(C)noc2C)c1. The Kier molecular flexibility index (Phi) is 6.44. The molecule has 1 heterocycles. The maximum absolute atomic E-state index is 12.9. The van der Waals surface area contributed by atoms with Crippen molar-refractivity contribution in [2.45, 2.75) is 36.3 Å². The average Bonchev–Trinajstić information content (AvgIpc) is 3.04. The molecule has 0 radical (unpaired) electrons. The van der Waals surface area contributed by atoms with Crippen molar-refractivity contribution in [2.75, 3.05) is 11.1 Å². The van der Waals surface area contributed by atoms with Gasteiger partial charge in [-0.25, -0.2) is 8.42 Å². The van der Waals surface area contributed by atoms with Gasteiger partial charge in [-0.2, -0.15) is 0 Å². The van der Waals surface area contributed by atoms with Crippen LogP contribution in [0.15, 0.2) is 62.8 Å². The molecule has 0 saturated heterocycles. The van der Waals surface area contributed by atoms with E-state index in [0.717, 1.165) is 21.9 Å². The van der Waals surface area contributed by atoms with Crippen LogP contribution in [0, 0.1) is 13.8 Å². The van der Waals surface area contributed by atoms with Crippen LogP contribution in [0.2, 0.25) is 0 Å². The van der Waals surface area contributed by atoms with E-state index in [0.29, 0.717) is 17.0 Å². The summed E-state index contributed by atoms with van der Waals surface area (Å²) >= 11 is 1.53. The third kappa shape index (κ3) is 4.89. The molecule has 0 aliphatic rings. The largest absolute Gasteiger partial charge is 0.361 e. The van der Waals surface area contributed by atoms with Gasteiger partial charge in [-0.15, -0.1) is 11.8 Å². The van der Waals surface area contributed by atoms with E-state index < -0.39 is 9.84 Å². The number of anilines is 1. The van der Waals surface area contributed by atoms with Gasteiger partial charge in [0.1, 0.15) is 5.76 Å². The third-order valence-corrected chi connectivity index (χ3v) is 7.35. The molecule has 0 bridgehead atoms. The fourth-order valence-corrected chi connectivity index (χ4v) is 4.90. The lowest BCUT2D eigenvalue weighted by Crippen LogP contribution is -2.13. The molecule has 0 saturated carbocycles. The Balaban J connectivity index is 1.79. The van der Waals surface area contributed by atoms with Crippen LogP contribution in [-0.4, -0.2) is 25.2 Å². The number of hydrogen-bond donors (Lipinski definition) is 1. The number of aryl methyl sites for hydroxylation is 2. The Bertz CT molecular complexity index is 1120. The predicted molar refractivity (Wildman–Crippen MR) is 114 cm³/mol. The van der Waals surface area contributed by atoms with E-state index in [-0.39, 0.29) is 16.6 Å². The molecule has 0 aliphatic heterocycles. The van der Waals surface area contributed by atoms with E-state index in [2.05, 4.69) is 10.5 Å². The molecule has 2 aromatic carbocycles. The molecule has 0 spiro atoms. The number of rotatable bonds is 7. The number of sulfone groups is 1. The van der Waals surface area contributed by atoms with Crippen LogP contribution in [0.3, 0.4) is 0 Å². The number of aromatic nitrogens is 1. The van der Waals surface area contributed by atoms with E-state index in [4.69, 9.17) is 4.52 Å². The van der Waals surface area contributed by atoms with Gasteiger partial charge in [0, 0.05) is 21.9 Å². The maximum Gasteiger partial charge on any atom is 0.256 e. The molecule has 8 heteroatoms. The van der Waals surface area contributed by atoms with Crippen molar-refractivity contribution < 1.29 is 17.7 Å². The molecular weight excluding hydrogens is 408 g/mol. The zero-order valence-corrected chi connectivity index (χ0v) is 18.1. The summed E-state index contributed by atoms with van der Waals surface area (Å²) in [6.45, 7) is 5.35. The molecule has 3 aromatic rings. The van der Waals surface area contributed by atoms with Gasteiger partial charge in [0.25, 0.3) is 5.91 Å². The standard InChI is InChI=1S/C21H22N2O4S2/c1-4-29(25,26)17-9-7-8-16(12-17)22-21(24)18-10-5-6-11-20(18)28-13-19-14(2)23-27-15(19)3/h5-12H,4,13H2,1-3H3,(H,22,24). The van der Waals surface area contributed by atoms with Crippen LogP contribution < -0.4 is 5.32 Å². The minimum absolute atomic E-state index is 0.00553. The van der Waals surface area contributed by atoms with E-state index >= 15 is 0 Å². The molecule has 6 nitrogen and oxygen atoms in total. The van der Waals surface area contributed by atoms with Gasteiger partial charge in [0.2, 0.25) is 0 Å². The van der Waals surface area contributed by atoms with Gasteiger partial charge < -0.3 is 9.84 Å². The van der Waals surface area contributed by atoms with Crippen molar-refractivity contribution in [3.63, 3.8) is 0 Å². The van der Waals surface area contributed by atoms with Crippen LogP contribution in [0.5, 0.6) is 0 Å². The van der Waals surface area contributed by atoms with Crippen molar-refractivity contribution >= 4 is 33.2 Å². The van der Waals surface area contributed by atoms with Crippen LogP contribution >= 0.6 is 11.8 Å². The van der Waals surface area contributed by atoms with E-state index in [1.165, 1.54) is 23.9 Å². The second-order valence-electron chi connectivity index (χ2n) is 6.47. The first kappa shape index (κ1) is 21.1. The molecule has 0 unspecified atom stereocenters. The summed E-state index contributed by atoms with van der Waals surface area (Å²) in [5.41, 5.74) is 2.82. The summed E-state index contributed by atoms with van der Waals surface area (Å²) in [6.07, 6.45) is 0. The molecule has 1 N–H and O–H groups in total. The summed E-state index contributed by atoms with van der Waals surface area (Å²) in [7, 11) is -3.34. The number of thioether (sulfide) groups is 1. The number of nitrogens with zero attached hydrogens (tertiary/aromatic N) is 1.